The summed E-state index contributed by atoms with van der Waals surface area (Å²) in [6, 6.07) is 15.0. The fraction of sp³-hybridized carbons (Fsp3) is 0.217. The van der Waals surface area contributed by atoms with Crippen molar-refractivity contribution in [2.24, 2.45) is 0 Å². The van der Waals surface area contributed by atoms with Gasteiger partial charge in [0.25, 0.3) is 0 Å². The molecule has 0 aliphatic carbocycles. The minimum Gasteiger partial charge on any atom is -0.368 e. The van der Waals surface area contributed by atoms with Gasteiger partial charge in [0.05, 0.1) is 17.2 Å². The van der Waals surface area contributed by atoms with Crippen LogP contribution in [-0.2, 0) is 0 Å². The Balaban J connectivity index is 1.76. The molecule has 4 heterocycles. The maximum Gasteiger partial charge on any atom is 0.165 e. The highest BCUT2D eigenvalue weighted by Gasteiger charge is 2.39. The highest BCUT2D eigenvalue weighted by Crippen LogP contribution is 2.36. The highest BCUT2D eigenvalue weighted by atomic mass is 35.5. The molecule has 1 fully saturated rings. The summed E-state index contributed by atoms with van der Waals surface area (Å²) in [4.78, 5) is 10.9. The van der Waals surface area contributed by atoms with Crippen LogP contribution in [0.1, 0.15) is 11.3 Å². The molecule has 160 valence electrons. The van der Waals surface area contributed by atoms with Gasteiger partial charge < -0.3 is 15.3 Å². The van der Waals surface area contributed by atoms with Crippen LogP contribution in [0.4, 0.5) is 5.82 Å². The lowest BCUT2D eigenvalue weighted by Gasteiger charge is -2.45. The van der Waals surface area contributed by atoms with Crippen LogP contribution in [0.2, 0.25) is 5.15 Å². The number of likely N-dealkylation sites (N-methyl/N-ethyl adjacent to an activating group) is 1. The zero-order valence-electron chi connectivity index (χ0n) is 17.5. The van der Waals surface area contributed by atoms with Gasteiger partial charge in [0.15, 0.2) is 11.4 Å². The number of aliphatic hydroxyl groups is 1. The molecule has 1 saturated heterocycles. The normalized spacial score (nSPS) is 14.7. The van der Waals surface area contributed by atoms with E-state index < -0.39 is 5.72 Å². The van der Waals surface area contributed by atoms with Gasteiger partial charge in [-0.05, 0) is 42.8 Å². The van der Waals surface area contributed by atoms with Gasteiger partial charge in [-0.15, -0.1) is 0 Å². The Hall–Kier alpha value is -3.51. The molecule has 1 aromatic carbocycles. The zero-order valence-corrected chi connectivity index (χ0v) is 18.3. The summed E-state index contributed by atoms with van der Waals surface area (Å²) >= 11 is 6.28. The molecule has 0 unspecified atom stereocenters. The van der Waals surface area contributed by atoms with E-state index in [9.17, 15) is 10.4 Å². The summed E-state index contributed by atoms with van der Waals surface area (Å²) in [6.45, 7) is 2.81. The maximum absolute atomic E-state index is 10.7. The lowest BCUT2D eigenvalue weighted by atomic mass is 10.00. The Morgan fingerprint density at radius 3 is 2.69 bits per heavy atom. The third kappa shape index (κ3) is 3.37. The lowest BCUT2D eigenvalue weighted by Crippen LogP contribution is -2.68. The third-order valence-electron chi connectivity index (χ3n) is 5.73. The van der Waals surface area contributed by atoms with E-state index in [0.717, 1.165) is 22.4 Å². The van der Waals surface area contributed by atoms with Crippen LogP contribution in [0.25, 0.3) is 28.0 Å². The van der Waals surface area contributed by atoms with Gasteiger partial charge in [0.1, 0.15) is 16.7 Å². The first kappa shape index (κ1) is 20.4. The summed E-state index contributed by atoms with van der Waals surface area (Å²) in [6.07, 6.45) is 1.82. The minimum absolute atomic E-state index is 0.374. The first-order chi connectivity index (χ1) is 15.4. The fourth-order valence-electron chi connectivity index (χ4n) is 3.88. The molecule has 32 heavy (non-hydrogen) atoms. The van der Waals surface area contributed by atoms with E-state index in [1.807, 2.05) is 44.4 Å². The summed E-state index contributed by atoms with van der Waals surface area (Å²) in [5, 5.41) is 28.4. The summed E-state index contributed by atoms with van der Waals surface area (Å²) in [7, 11) is 1.82. The van der Waals surface area contributed by atoms with Gasteiger partial charge in [-0.3, -0.25) is 0 Å². The van der Waals surface area contributed by atoms with E-state index in [4.69, 9.17) is 21.7 Å². The predicted octanol–water partition coefficient (Wildman–Crippen LogP) is 3.02. The van der Waals surface area contributed by atoms with Crippen molar-refractivity contribution in [1.82, 2.24) is 24.9 Å². The number of hydrogen-bond donors (Lipinski definition) is 2. The predicted molar refractivity (Wildman–Crippen MR) is 122 cm³/mol. The second-order valence-electron chi connectivity index (χ2n) is 7.94. The molecule has 0 radical (unpaired) electrons. The lowest BCUT2D eigenvalue weighted by molar-refractivity contribution is -0.00852. The van der Waals surface area contributed by atoms with E-state index in [-0.39, 0.29) is 0 Å². The number of fused-ring (bicyclic) bond motifs is 1. The average Bonchev–Trinajstić information content (AvgIpc) is 3.15. The second kappa shape index (κ2) is 7.57. The van der Waals surface area contributed by atoms with E-state index in [0.29, 0.717) is 41.0 Å². The van der Waals surface area contributed by atoms with Crippen molar-refractivity contribution in [1.29, 1.82) is 5.26 Å². The molecule has 0 spiro atoms. The number of halogens is 1. The maximum atomic E-state index is 10.7. The number of nitrogens with zero attached hydrogens (tertiary/aromatic N) is 6. The van der Waals surface area contributed by atoms with Crippen LogP contribution in [0.5, 0.6) is 0 Å². The van der Waals surface area contributed by atoms with Crippen LogP contribution >= 0.6 is 11.6 Å². The molecule has 5 rings (SSSR count). The largest absolute Gasteiger partial charge is 0.368 e. The Morgan fingerprint density at radius 1 is 1.19 bits per heavy atom. The Morgan fingerprint density at radius 2 is 2.00 bits per heavy atom. The monoisotopic (exact) mass is 445 g/mol. The first-order valence-electron chi connectivity index (χ1n) is 10.1. The Bertz CT molecular complexity index is 1370. The zero-order chi connectivity index (χ0) is 22.5. The minimum atomic E-state index is -0.980. The fourth-order valence-corrected chi connectivity index (χ4v) is 4.13. The van der Waals surface area contributed by atoms with Gasteiger partial charge in [-0.1, -0.05) is 23.7 Å². The first-order valence-corrected chi connectivity index (χ1v) is 10.5. The number of anilines is 1. The third-order valence-corrected chi connectivity index (χ3v) is 5.92. The van der Waals surface area contributed by atoms with Crippen molar-refractivity contribution in [2.45, 2.75) is 12.6 Å². The second-order valence-corrected chi connectivity index (χ2v) is 8.32. The molecule has 4 aromatic rings. The molecule has 2 N–H and O–H groups in total. The van der Waals surface area contributed by atoms with Gasteiger partial charge in [-0.25, -0.2) is 14.5 Å². The van der Waals surface area contributed by atoms with Crippen molar-refractivity contribution >= 4 is 23.1 Å². The molecule has 0 amide bonds. The summed E-state index contributed by atoms with van der Waals surface area (Å²) in [5.41, 5.74) is 4.03. The molecule has 9 heteroatoms. The molecule has 3 aromatic heterocycles. The quantitative estimate of drug-likeness (QED) is 0.367. The summed E-state index contributed by atoms with van der Waals surface area (Å²) < 4.78 is 1.70. The number of β-amino-alcohol motifs (C(OH)–C–C–N with tert-alkyl or cyclic N) is 1. The molecule has 0 bridgehead atoms. The Kier molecular flexibility index (Phi) is 4.82. The van der Waals surface area contributed by atoms with E-state index in [1.165, 1.54) is 0 Å². The molecule has 0 atom stereocenters. The number of nitrogens with one attached hydrogen (secondary N) is 1. The van der Waals surface area contributed by atoms with Crippen molar-refractivity contribution in [2.75, 3.05) is 25.0 Å². The van der Waals surface area contributed by atoms with Crippen LogP contribution in [-0.4, -0.2) is 50.6 Å². The van der Waals surface area contributed by atoms with Gasteiger partial charge >= 0.3 is 0 Å². The molecule has 0 saturated carbocycles. The molecule has 8 nitrogen and oxygen atoms in total. The van der Waals surface area contributed by atoms with E-state index >= 15 is 0 Å². The number of rotatable bonds is 4. The molecular formula is C23H20ClN7O. The topological polar surface area (TPSA) is 102 Å². The van der Waals surface area contributed by atoms with E-state index in [1.54, 1.807) is 27.6 Å². The van der Waals surface area contributed by atoms with Crippen LogP contribution in [0.3, 0.4) is 0 Å². The standard InChI is InChI=1S/C23H20ClN7O/c1-14-8-17(10-18(24)27-14)20-21(16-5-3-4-15(9-16)11-25)29-31-7-6-19(28-22(20)31)30(2)23(32)12-26-13-23/h3-10,26,32H,12-13H2,1-2H3. The SMILES string of the molecule is Cc1cc(-c2c(-c3cccc(C#N)c3)nn3ccc(N(C)C4(O)CNC4)nc23)cc(Cl)n1. The van der Waals surface area contributed by atoms with Crippen LogP contribution in [0.15, 0.2) is 48.7 Å². The molecule has 1 aliphatic heterocycles. The number of aromatic nitrogens is 4. The van der Waals surface area contributed by atoms with Gasteiger partial charge in [-0.2, -0.15) is 10.4 Å². The number of nitriles is 1. The summed E-state index contributed by atoms with van der Waals surface area (Å²) in [5.74, 6) is 0.622. The molecular weight excluding hydrogens is 426 g/mol. The number of pyridine rings is 1. The number of benzene rings is 1. The van der Waals surface area contributed by atoms with Crippen LogP contribution in [0, 0.1) is 18.3 Å². The average molecular weight is 446 g/mol. The van der Waals surface area contributed by atoms with Crippen LogP contribution < -0.4 is 10.2 Å². The van der Waals surface area contributed by atoms with Gasteiger partial charge in [0.2, 0.25) is 0 Å². The Labute approximate surface area is 189 Å². The number of hydrogen-bond acceptors (Lipinski definition) is 7. The highest BCUT2D eigenvalue weighted by molar-refractivity contribution is 6.29. The smallest absolute Gasteiger partial charge is 0.165 e. The van der Waals surface area contributed by atoms with E-state index in [2.05, 4.69) is 16.4 Å². The van der Waals surface area contributed by atoms with Crippen molar-refractivity contribution in [3.63, 3.8) is 0 Å². The van der Waals surface area contributed by atoms with Gasteiger partial charge in [0, 0.05) is 37.6 Å². The van der Waals surface area contributed by atoms with Crippen molar-refractivity contribution < 1.29 is 5.11 Å². The number of aryl methyl sites for hydroxylation is 1. The van der Waals surface area contributed by atoms with Crippen molar-refractivity contribution in [3.8, 4) is 28.5 Å². The molecule has 1 aliphatic rings. The van der Waals surface area contributed by atoms with Crippen molar-refractivity contribution in [3.05, 3.63) is 65.1 Å².